The first-order valence-corrected chi connectivity index (χ1v) is 5.54. The van der Waals surface area contributed by atoms with E-state index in [0.29, 0.717) is 18.9 Å². The molecule has 0 saturated heterocycles. The van der Waals surface area contributed by atoms with Crippen LogP contribution in [0.1, 0.15) is 48.0 Å². The SMILES string of the molecule is CCOC(=O)C(C)(C)C(C)(O)CC(C)C. The third-order valence-electron chi connectivity index (χ3n) is 2.94. The molecular formula is C12H24O3. The van der Waals surface area contributed by atoms with Gasteiger partial charge in [-0.15, -0.1) is 0 Å². The Morgan fingerprint density at radius 1 is 1.33 bits per heavy atom. The summed E-state index contributed by atoms with van der Waals surface area (Å²) in [5.41, 5.74) is -1.90. The lowest BCUT2D eigenvalue weighted by Crippen LogP contribution is -2.48. The summed E-state index contributed by atoms with van der Waals surface area (Å²) in [6.07, 6.45) is 0.582. The van der Waals surface area contributed by atoms with Crippen molar-refractivity contribution in [2.24, 2.45) is 11.3 Å². The van der Waals surface area contributed by atoms with Crippen molar-refractivity contribution in [1.82, 2.24) is 0 Å². The van der Waals surface area contributed by atoms with Crippen LogP contribution < -0.4 is 0 Å². The first kappa shape index (κ1) is 14.4. The van der Waals surface area contributed by atoms with Crippen LogP contribution >= 0.6 is 0 Å². The maximum Gasteiger partial charge on any atom is 0.314 e. The Balaban J connectivity index is 4.75. The molecule has 0 amide bonds. The van der Waals surface area contributed by atoms with E-state index in [9.17, 15) is 9.90 Å². The van der Waals surface area contributed by atoms with E-state index in [0.717, 1.165) is 0 Å². The van der Waals surface area contributed by atoms with Gasteiger partial charge in [-0.05, 0) is 40.0 Å². The van der Waals surface area contributed by atoms with E-state index in [1.807, 2.05) is 13.8 Å². The summed E-state index contributed by atoms with van der Waals surface area (Å²) < 4.78 is 4.98. The lowest BCUT2D eigenvalue weighted by molar-refractivity contribution is -0.170. The number of carbonyl (C=O) groups is 1. The van der Waals surface area contributed by atoms with Crippen LogP contribution in [0, 0.1) is 11.3 Å². The average Bonchev–Trinajstić information content (AvgIpc) is 2.01. The molecule has 0 heterocycles. The summed E-state index contributed by atoms with van der Waals surface area (Å²) in [6.45, 7) is 11.3. The molecule has 0 saturated carbocycles. The smallest absolute Gasteiger partial charge is 0.314 e. The van der Waals surface area contributed by atoms with Gasteiger partial charge in [-0.25, -0.2) is 0 Å². The lowest BCUT2D eigenvalue weighted by atomic mass is 9.72. The van der Waals surface area contributed by atoms with Gasteiger partial charge in [-0.2, -0.15) is 0 Å². The predicted octanol–water partition coefficient (Wildman–Crippen LogP) is 2.37. The van der Waals surface area contributed by atoms with Gasteiger partial charge in [-0.3, -0.25) is 4.79 Å². The van der Waals surface area contributed by atoms with Crippen LogP contribution in [0.3, 0.4) is 0 Å². The molecule has 0 rings (SSSR count). The molecule has 0 aliphatic carbocycles. The first-order chi connectivity index (χ1) is 6.65. The zero-order valence-electron chi connectivity index (χ0n) is 10.8. The standard InChI is InChI=1S/C12H24O3/c1-7-15-10(13)11(4,5)12(6,14)8-9(2)3/h9,14H,7-8H2,1-6H3. The topological polar surface area (TPSA) is 46.5 Å². The number of hydrogen-bond donors (Lipinski definition) is 1. The van der Waals surface area contributed by atoms with Crippen molar-refractivity contribution in [3.05, 3.63) is 0 Å². The number of hydrogen-bond acceptors (Lipinski definition) is 3. The quantitative estimate of drug-likeness (QED) is 0.718. The molecular weight excluding hydrogens is 192 g/mol. The van der Waals surface area contributed by atoms with E-state index in [1.165, 1.54) is 0 Å². The minimum atomic E-state index is -1.03. The molecule has 0 aromatic heterocycles. The van der Waals surface area contributed by atoms with Gasteiger partial charge < -0.3 is 9.84 Å². The number of ether oxygens (including phenoxy) is 1. The summed E-state index contributed by atoms with van der Waals surface area (Å²) >= 11 is 0. The minimum Gasteiger partial charge on any atom is -0.465 e. The molecule has 0 fully saturated rings. The monoisotopic (exact) mass is 216 g/mol. The molecule has 3 nitrogen and oxygen atoms in total. The molecule has 3 heteroatoms. The molecule has 0 aliphatic rings. The Kier molecular flexibility index (Phi) is 4.78. The van der Waals surface area contributed by atoms with Gasteiger partial charge >= 0.3 is 5.97 Å². The van der Waals surface area contributed by atoms with Crippen LogP contribution in [-0.2, 0) is 9.53 Å². The predicted molar refractivity (Wildman–Crippen MR) is 60.5 cm³/mol. The fourth-order valence-electron chi connectivity index (χ4n) is 1.58. The number of aliphatic hydroxyl groups is 1. The third-order valence-corrected chi connectivity index (χ3v) is 2.94. The Morgan fingerprint density at radius 3 is 2.13 bits per heavy atom. The number of esters is 1. The molecule has 90 valence electrons. The molecule has 0 radical (unpaired) electrons. The van der Waals surface area contributed by atoms with E-state index >= 15 is 0 Å². The number of rotatable bonds is 5. The maximum atomic E-state index is 11.7. The third kappa shape index (κ3) is 3.49. The Bertz CT molecular complexity index is 217. The molecule has 0 aliphatic heterocycles. The second-order valence-corrected chi connectivity index (χ2v) is 5.22. The van der Waals surface area contributed by atoms with E-state index in [1.54, 1.807) is 27.7 Å². The fraction of sp³-hybridized carbons (Fsp3) is 0.917. The van der Waals surface area contributed by atoms with Gasteiger partial charge in [0, 0.05) is 0 Å². The molecule has 0 aromatic rings. The van der Waals surface area contributed by atoms with E-state index < -0.39 is 11.0 Å². The van der Waals surface area contributed by atoms with Gasteiger partial charge in [0.15, 0.2) is 0 Å². The van der Waals surface area contributed by atoms with Crippen molar-refractivity contribution in [3.8, 4) is 0 Å². The Morgan fingerprint density at radius 2 is 1.80 bits per heavy atom. The van der Waals surface area contributed by atoms with Crippen LogP contribution in [0.15, 0.2) is 0 Å². The highest BCUT2D eigenvalue weighted by Crippen LogP contribution is 2.36. The van der Waals surface area contributed by atoms with Crippen molar-refractivity contribution in [1.29, 1.82) is 0 Å². The van der Waals surface area contributed by atoms with Gasteiger partial charge in [0.2, 0.25) is 0 Å². The zero-order chi connectivity index (χ0) is 12.3. The molecule has 1 atom stereocenters. The zero-order valence-corrected chi connectivity index (χ0v) is 10.8. The summed E-state index contributed by atoms with van der Waals surface area (Å²) in [6, 6.07) is 0. The molecule has 15 heavy (non-hydrogen) atoms. The number of carbonyl (C=O) groups excluding carboxylic acids is 1. The highest BCUT2D eigenvalue weighted by molar-refractivity contribution is 5.77. The van der Waals surface area contributed by atoms with Gasteiger partial charge in [-0.1, -0.05) is 13.8 Å². The lowest BCUT2D eigenvalue weighted by Gasteiger charge is -2.38. The second kappa shape index (κ2) is 4.97. The van der Waals surface area contributed by atoms with Crippen molar-refractivity contribution in [3.63, 3.8) is 0 Å². The fourth-order valence-corrected chi connectivity index (χ4v) is 1.58. The first-order valence-electron chi connectivity index (χ1n) is 5.54. The van der Waals surface area contributed by atoms with Crippen molar-refractivity contribution < 1.29 is 14.6 Å². The van der Waals surface area contributed by atoms with Crippen LogP contribution in [0.4, 0.5) is 0 Å². The van der Waals surface area contributed by atoms with Gasteiger partial charge in [0.25, 0.3) is 0 Å². The van der Waals surface area contributed by atoms with E-state index in [-0.39, 0.29) is 5.97 Å². The normalized spacial score (nSPS) is 16.3. The van der Waals surface area contributed by atoms with Crippen molar-refractivity contribution in [2.45, 2.75) is 53.6 Å². The second-order valence-electron chi connectivity index (χ2n) is 5.22. The van der Waals surface area contributed by atoms with Crippen LogP contribution in [-0.4, -0.2) is 23.3 Å². The Hall–Kier alpha value is -0.570. The van der Waals surface area contributed by atoms with E-state index in [2.05, 4.69) is 0 Å². The summed E-state index contributed by atoms with van der Waals surface area (Å²) in [4.78, 5) is 11.7. The van der Waals surface area contributed by atoms with Gasteiger partial charge in [0.1, 0.15) is 0 Å². The van der Waals surface area contributed by atoms with Gasteiger partial charge in [0.05, 0.1) is 17.6 Å². The summed E-state index contributed by atoms with van der Waals surface area (Å²) in [7, 11) is 0. The molecule has 0 bridgehead atoms. The molecule has 0 spiro atoms. The van der Waals surface area contributed by atoms with Crippen molar-refractivity contribution >= 4 is 5.97 Å². The van der Waals surface area contributed by atoms with E-state index in [4.69, 9.17) is 4.74 Å². The Labute approximate surface area is 92.8 Å². The molecule has 0 aromatic carbocycles. The summed E-state index contributed by atoms with van der Waals surface area (Å²) in [5.74, 6) is 0.00403. The molecule has 1 unspecified atom stereocenters. The highest BCUT2D eigenvalue weighted by Gasteiger charge is 2.46. The summed E-state index contributed by atoms with van der Waals surface area (Å²) in [5, 5.41) is 10.3. The van der Waals surface area contributed by atoms with Crippen LogP contribution in [0.25, 0.3) is 0 Å². The van der Waals surface area contributed by atoms with Crippen LogP contribution in [0.5, 0.6) is 0 Å². The van der Waals surface area contributed by atoms with Crippen molar-refractivity contribution in [2.75, 3.05) is 6.61 Å². The highest BCUT2D eigenvalue weighted by atomic mass is 16.5. The largest absolute Gasteiger partial charge is 0.465 e. The average molecular weight is 216 g/mol. The van der Waals surface area contributed by atoms with Crippen LogP contribution in [0.2, 0.25) is 0 Å². The maximum absolute atomic E-state index is 11.7. The molecule has 1 N–H and O–H groups in total. The minimum absolute atomic E-state index is 0.337.